The zero-order valence-corrected chi connectivity index (χ0v) is 13.4. The van der Waals surface area contributed by atoms with Crippen molar-refractivity contribution in [2.45, 2.75) is 6.92 Å². The summed E-state index contributed by atoms with van der Waals surface area (Å²) >= 11 is 0. The number of benzene rings is 2. The van der Waals surface area contributed by atoms with Crippen LogP contribution in [0.1, 0.15) is 27.6 Å². The van der Waals surface area contributed by atoms with E-state index < -0.39 is 5.97 Å². The molecule has 120 valence electrons. The first-order chi connectivity index (χ1) is 11.1. The van der Waals surface area contributed by atoms with Crippen molar-refractivity contribution in [3.8, 4) is 16.9 Å². The van der Waals surface area contributed by atoms with Crippen molar-refractivity contribution < 1.29 is 19.1 Å². The smallest absolute Gasteiger partial charge is 0.338 e. The molecule has 2 aromatic carbocycles. The first-order valence-corrected chi connectivity index (χ1v) is 7.25. The Morgan fingerprint density at radius 2 is 1.74 bits per heavy atom. The lowest BCUT2D eigenvalue weighted by molar-refractivity contribution is 0.0600. The molecule has 0 aliphatic carbocycles. The van der Waals surface area contributed by atoms with Gasteiger partial charge in [0.25, 0.3) is 5.91 Å². The molecule has 2 rings (SSSR count). The first-order valence-electron chi connectivity index (χ1n) is 7.25. The molecule has 23 heavy (non-hydrogen) atoms. The fraction of sp³-hybridized carbons (Fsp3) is 0.222. The van der Waals surface area contributed by atoms with E-state index in [-0.39, 0.29) is 5.91 Å². The second kappa shape index (κ2) is 7.45. The van der Waals surface area contributed by atoms with E-state index in [0.717, 1.165) is 11.1 Å². The monoisotopic (exact) mass is 313 g/mol. The largest absolute Gasteiger partial charge is 0.497 e. The molecule has 0 saturated carbocycles. The van der Waals surface area contributed by atoms with Crippen molar-refractivity contribution in [2.24, 2.45) is 0 Å². The molecule has 0 aliphatic heterocycles. The number of hydrogen-bond acceptors (Lipinski definition) is 4. The Hall–Kier alpha value is -2.82. The van der Waals surface area contributed by atoms with Crippen molar-refractivity contribution >= 4 is 11.9 Å². The Kier molecular flexibility index (Phi) is 5.36. The first kappa shape index (κ1) is 16.5. The van der Waals surface area contributed by atoms with E-state index in [1.54, 1.807) is 30.3 Å². The number of ether oxygens (including phenoxy) is 2. The summed E-state index contributed by atoms with van der Waals surface area (Å²) in [6, 6.07) is 12.3. The lowest BCUT2D eigenvalue weighted by Crippen LogP contribution is -2.22. The van der Waals surface area contributed by atoms with Crippen molar-refractivity contribution in [1.82, 2.24) is 5.32 Å². The Balaban J connectivity index is 2.47. The van der Waals surface area contributed by atoms with Gasteiger partial charge in [-0.1, -0.05) is 12.1 Å². The average molecular weight is 313 g/mol. The van der Waals surface area contributed by atoms with Crippen LogP contribution < -0.4 is 10.1 Å². The van der Waals surface area contributed by atoms with Gasteiger partial charge in [-0.25, -0.2) is 4.79 Å². The fourth-order valence-corrected chi connectivity index (χ4v) is 2.22. The van der Waals surface area contributed by atoms with Crippen LogP contribution in [0, 0.1) is 0 Å². The van der Waals surface area contributed by atoms with E-state index >= 15 is 0 Å². The van der Waals surface area contributed by atoms with E-state index in [1.165, 1.54) is 14.2 Å². The third kappa shape index (κ3) is 3.88. The van der Waals surface area contributed by atoms with Gasteiger partial charge in [-0.15, -0.1) is 0 Å². The number of carbonyl (C=O) groups is 2. The molecule has 0 spiro atoms. The molecule has 0 radical (unpaired) electrons. The second-order valence-electron chi connectivity index (χ2n) is 4.88. The normalized spacial score (nSPS) is 10.0. The molecule has 1 amide bonds. The molecule has 0 bridgehead atoms. The molecule has 5 heteroatoms. The molecule has 0 aliphatic rings. The van der Waals surface area contributed by atoms with Gasteiger partial charge < -0.3 is 14.8 Å². The van der Waals surface area contributed by atoms with Crippen molar-refractivity contribution in [3.05, 3.63) is 53.6 Å². The van der Waals surface area contributed by atoms with Gasteiger partial charge in [0.15, 0.2) is 0 Å². The van der Waals surface area contributed by atoms with Crippen LogP contribution >= 0.6 is 0 Å². The summed E-state index contributed by atoms with van der Waals surface area (Å²) in [5, 5.41) is 2.76. The van der Waals surface area contributed by atoms with E-state index in [2.05, 4.69) is 5.32 Å². The molecular formula is C18H19NO4. The third-order valence-corrected chi connectivity index (χ3v) is 3.36. The third-order valence-electron chi connectivity index (χ3n) is 3.36. The van der Waals surface area contributed by atoms with E-state index in [9.17, 15) is 9.59 Å². The standard InChI is InChI=1S/C18H19NO4/c1-4-19-17(20)13-7-5-6-12(8-13)14-9-15(18(21)23-3)11-16(10-14)22-2/h5-11H,4H2,1-3H3,(H,19,20). The summed E-state index contributed by atoms with van der Waals surface area (Å²) in [6.07, 6.45) is 0. The van der Waals surface area contributed by atoms with E-state index in [0.29, 0.717) is 23.4 Å². The summed E-state index contributed by atoms with van der Waals surface area (Å²) in [6.45, 7) is 2.43. The molecule has 1 N–H and O–H groups in total. The Morgan fingerprint density at radius 1 is 1.00 bits per heavy atom. The molecule has 5 nitrogen and oxygen atoms in total. The highest BCUT2D eigenvalue weighted by Gasteiger charge is 2.12. The van der Waals surface area contributed by atoms with Crippen LogP contribution in [0.3, 0.4) is 0 Å². The summed E-state index contributed by atoms with van der Waals surface area (Å²) in [5.41, 5.74) is 2.55. The van der Waals surface area contributed by atoms with Gasteiger partial charge in [-0.05, 0) is 48.4 Å². The quantitative estimate of drug-likeness (QED) is 0.862. The molecule has 0 unspecified atom stereocenters. The average Bonchev–Trinajstić information content (AvgIpc) is 2.60. The lowest BCUT2D eigenvalue weighted by atomic mass is 10.00. The Morgan fingerprint density at radius 3 is 2.39 bits per heavy atom. The number of hydrogen-bond donors (Lipinski definition) is 1. The summed E-state index contributed by atoms with van der Waals surface area (Å²) in [5.74, 6) is -0.0261. The zero-order chi connectivity index (χ0) is 16.8. The van der Waals surface area contributed by atoms with Crippen molar-refractivity contribution in [3.63, 3.8) is 0 Å². The van der Waals surface area contributed by atoms with Crippen molar-refractivity contribution in [2.75, 3.05) is 20.8 Å². The lowest BCUT2D eigenvalue weighted by Gasteiger charge is -2.10. The van der Waals surface area contributed by atoms with Gasteiger partial charge in [-0.3, -0.25) is 4.79 Å². The second-order valence-corrected chi connectivity index (χ2v) is 4.88. The van der Waals surface area contributed by atoms with Crippen LogP contribution in [0.2, 0.25) is 0 Å². The van der Waals surface area contributed by atoms with Crippen molar-refractivity contribution in [1.29, 1.82) is 0 Å². The molecule has 2 aromatic rings. The van der Waals surface area contributed by atoms with E-state index in [1.807, 2.05) is 19.1 Å². The van der Waals surface area contributed by atoms with Crippen LogP contribution in [0.25, 0.3) is 11.1 Å². The summed E-state index contributed by atoms with van der Waals surface area (Å²) in [7, 11) is 2.86. The molecule has 0 heterocycles. The SMILES string of the molecule is CCNC(=O)c1cccc(-c2cc(OC)cc(C(=O)OC)c2)c1. The van der Waals surface area contributed by atoms with E-state index in [4.69, 9.17) is 9.47 Å². The Labute approximate surface area is 135 Å². The van der Waals surface area contributed by atoms with Gasteiger partial charge in [0, 0.05) is 12.1 Å². The fourth-order valence-electron chi connectivity index (χ4n) is 2.22. The zero-order valence-electron chi connectivity index (χ0n) is 13.4. The maximum absolute atomic E-state index is 12.0. The van der Waals surface area contributed by atoms with Crippen LogP contribution in [0.5, 0.6) is 5.75 Å². The number of esters is 1. The minimum atomic E-state index is -0.440. The molecule has 0 fully saturated rings. The predicted molar refractivity (Wildman–Crippen MR) is 87.8 cm³/mol. The maximum Gasteiger partial charge on any atom is 0.338 e. The highest BCUT2D eigenvalue weighted by atomic mass is 16.5. The number of methoxy groups -OCH3 is 2. The maximum atomic E-state index is 12.0. The molecule has 0 aromatic heterocycles. The molecular weight excluding hydrogens is 294 g/mol. The van der Waals surface area contributed by atoms with Crippen LogP contribution in [0.15, 0.2) is 42.5 Å². The predicted octanol–water partition coefficient (Wildman–Crippen LogP) is 2.90. The van der Waals surface area contributed by atoms with Gasteiger partial charge >= 0.3 is 5.97 Å². The van der Waals surface area contributed by atoms with Gasteiger partial charge in [0.1, 0.15) is 5.75 Å². The number of rotatable bonds is 5. The van der Waals surface area contributed by atoms with Crippen LogP contribution in [-0.2, 0) is 4.74 Å². The molecule has 0 atom stereocenters. The number of amides is 1. The van der Waals surface area contributed by atoms with Crippen LogP contribution in [0.4, 0.5) is 0 Å². The minimum Gasteiger partial charge on any atom is -0.497 e. The van der Waals surface area contributed by atoms with Gasteiger partial charge in [-0.2, -0.15) is 0 Å². The Bertz CT molecular complexity index is 725. The topological polar surface area (TPSA) is 64.6 Å². The van der Waals surface area contributed by atoms with Gasteiger partial charge in [0.05, 0.1) is 19.8 Å². The summed E-state index contributed by atoms with van der Waals surface area (Å²) < 4.78 is 10.0. The highest BCUT2D eigenvalue weighted by Crippen LogP contribution is 2.27. The number of nitrogens with one attached hydrogen (secondary N) is 1. The van der Waals surface area contributed by atoms with Crippen LogP contribution in [-0.4, -0.2) is 32.6 Å². The van der Waals surface area contributed by atoms with Gasteiger partial charge in [0.2, 0.25) is 0 Å². The molecule has 0 saturated heterocycles. The minimum absolute atomic E-state index is 0.134. The summed E-state index contributed by atoms with van der Waals surface area (Å²) in [4.78, 5) is 23.7. The highest BCUT2D eigenvalue weighted by molar-refractivity contribution is 5.96. The number of carbonyl (C=O) groups excluding carboxylic acids is 2.